The second-order valence-electron chi connectivity index (χ2n) is 11.1. The molecule has 5 aromatic carbocycles. The standard InChI is InChI=1S/C39H23N5O/c1-2-5-26(6-3-1)39-43-34-15-13-29(22-36(34)45-39)33-20-27(12-14-32(33)28-10-8-24-16-18-42-44-35(24)21-28)31-19-30-11-9-25-7-4-17-40-37(25)38(30)41-23-31/h1-23H. The average Bonchev–Trinajstić information content (AvgIpc) is 3.55. The lowest BCUT2D eigenvalue weighted by molar-refractivity contribution is 0.620. The number of oxazole rings is 1. The minimum absolute atomic E-state index is 0.606. The summed E-state index contributed by atoms with van der Waals surface area (Å²) in [7, 11) is 0. The number of fused-ring (bicyclic) bond motifs is 5. The first-order valence-electron chi connectivity index (χ1n) is 14.7. The van der Waals surface area contributed by atoms with E-state index in [2.05, 4.69) is 88.0 Å². The van der Waals surface area contributed by atoms with Crippen LogP contribution in [0.3, 0.4) is 0 Å². The Labute approximate surface area is 257 Å². The normalized spacial score (nSPS) is 11.6. The van der Waals surface area contributed by atoms with Crippen molar-refractivity contribution in [2.75, 3.05) is 0 Å². The molecule has 0 fully saturated rings. The van der Waals surface area contributed by atoms with Crippen LogP contribution < -0.4 is 0 Å². The van der Waals surface area contributed by atoms with E-state index in [0.29, 0.717) is 5.89 Å². The molecule has 0 atom stereocenters. The van der Waals surface area contributed by atoms with Crippen LogP contribution in [0, 0.1) is 0 Å². The molecule has 0 radical (unpaired) electrons. The highest BCUT2D eigenvalue weighted by Gasteiger charge is 2.15. The molecule has 4 aromatic heterocycles. The minimum Gasteiger partial charge on any atom is -0.436 e. The second-order valence-corrected chi connectivity index (χ2v) is 11.1. The van der Waals surface area contributed by atoms with Gasteiger partial charge < -0.3 is 4.42 Å². The molecule has 9 rings (SSSR count). The van der Waals surface area contributed by atoms with Crippen LogP contribution in [-0.2, 0) is 0 Å². The SMILES string of the molecule is c1ccc(-c2nc3ccc(-c4cc(-c5cnc6c(ccc7cccnc76)c5)ccc4-c4ccc5ccnnc5c4)cc3o2)cc1. The maximum Gasteiger partial charge on any atom is 0.227 e. The molecule has 0 unspecified atom stereocenters. The molecule has 9 aromatic rings. The highest BCUT2D eigenvalue weighted by molar-refractivity contribution is 6.03. The fourth-order valence-electron chi connectivity index (χ4n) is 6.05. The van der Waals surface area contributed by atoms with Crippen LogP contribution in [0.25, 0.3) is 88.6 Å². The van der Waals surface area contributed by atoms with E-state index in [1.807, 2.05) is 60.9 Å². The summed E-state index contributed by atoms with van der Waals surface area (Å²) in [6.07, 6.45) is 5.47. The Bertz CT molecular complexity index is 2560. The van der Waals surface area contributed by atoms with Gasteiger partial charge in [-0.2, -0.15) is 10.2 Å². The lowest BCUT2D eigenvalue weighted by Gasteiger charge is -2.14. The van der Waals surface area contributed by atoms with Gasteiger partial charge in [-0.3, -0.25) is 9.97 Å². The Morgan fingerprint density at radius 3 is 2.24 bits per heavy atom. The van der Waals surface area contributed by atoms with Gasteiger partial charge in [-0.25, -0.2) is 4.98 Å². The monoisotopic (exact) mass is 577 g/mol. The lowest BCUT2D eigenvalue weighted by atomic mass is 9.90. The molecular weight excluding hydrogens is 554 g/mol. The predicted molar refractivity (Wildman–Crippen MR) is 179 cm³/mol. The van der Waals surface area contributed by atoms with Crippen LogP contribution in [0.1, 0.15) is 0 Å². The van der Waals surface area contributed by atoms with E-state index in [0.717, 1.165) is 82.8 Å². The van der Waals surface area contributed by atoms with Gasteiger partial charge in [0, 0.05) is 39.7 Å². The Balaban J connectivity index is 1.22. The van der Waals surface area contributed by atoms with Crippen molar-refractivity contribution in [2.24, 2.45) is 0 Å². The third kappa shape index (κ3) is 4.39. The largest absolute Gasteiger partial charge is 0.436 e. The topological polar surface area (TPSA) is 77.6 Å². The zero-order chi connectivity index (χ0) is 29.7. The third-order valence-electron chi connectivity index (χ3n) is 8.32. The summed E-state index contributed by atoms with van der Waals surface area (Å²) in [6.45, 7) is 0. The van der Waals surface area contributed by atoms with Crippen molar-refractivity contribution < 1.29 is 4.42 Å². The van der Waals surface area contributed by atoms with E-state index >= 15 is 0 Å². The van der Waals surface area contributed by atoms with Gasteiger partial charge in [0.05, 0.1) is 22.7 Å². The number of hydrogen-bond donors (Lipinski definition) is 0. The first kappa shape index (κ1) is 25.2. The van der Waals surface area contributed by atoms with Crippen LogP contribution >= 0.6 is 0 Å². The lowest BCUT2D eigenvalue weighted by Crippen LogP contribution is -1.91. The molecule has 0 spiro atoms. The Hall–Kier alpha value is -6.27. The molecule has 0 aliphatic heterocycles. The summed E-state index contributed by atoms with van der Waals surface area (Å²) in [5.74, 6) is 0.606. The van der Waals surface area contributed by atoms with Crippen molar-refractivity contribution in [3.63, 3.8) is 0 Å². The fraction of sp³-hybridized carbons (Fsp3) is 0. The van der Waals surface area contributed by atoms with Gasteiger partial charge in [0.1, 0.15) is 5.52 Å². The zero-order valence-electron chi connectivity index (χ0n) is 23.9. The summed E-state index contributed by atoms with van der Waals surface area (Å²) in [5.41, 5.74) is 11.5. The van der Waals surface area contributed by atoms with E-state index in [1.54, 1.807) is 6.20 Å². The average molecular weight is 578 g/mol. The molecule has 4 heterocycles. The molecule has 210 valence electrons. The van der Waals surface area contributed by atoms with Crippen LogP contribution in [-0.4, -0.2) is 25.1 Å². The van der Waals surface area contributed by atoms with Gasteiger partial charge in [-0.1, -0.05) is 66.7 Å². The molecule has 0 saturated heterocycles. The first-order chi connectivity index (χ1) is 22.3. The number of hydrogen-bond acceptors (Lipinski definition) is 6. The summed E-state index contributed by atoms with van der Waals surface area (Å²) >= 11 is 0. The van der Waals surface area contributed by atoms with Crippen molar-refractivity contribution in [3.05, 3.63) is 140 Å². The van der Waals surface area contributed by atoms with Gasteiger partial charge >= 0.3 is 0 Å². The van der Waals surface area contributed by atoms with E-state index in [9.17, 15) is 0 Å². The van der Waals surface area contributed by atoms with Crippen molar-refractivity contribution in [1.82, 2.24) is 25.1 Å². The van der Waals surface area contributed by atoms with Gasteiger partial charge in [0.15, 0.2) is 5.58 Å². The molecule has 0 aliphatic carbocycles. The smallest absolute Gasteiger partial charge is 0.227 e. The fourth-order valence-corrected chi connectivity index (χ4v) is 6.05. The molecule has 45 heavy (non-hydrogen) atoms. The summed E-state index contributed by atoms with van der Waals surface area (Å²) < 4.78 is 6.27. The van der Waals surface area contributed by atoms with Gasteiger partial charge in [0.2, 0.25) is 5.89 Å². The van der Waals surface area contributed by atoms with E-state index in [4.69, 9.17) is 14.4 Å². The summed E-state index contributed by atoms with van der Waals surface area (Å²) in [6, 6.07) is 41.5. The maximum absolute atomic E-state index is 6.27. The molecule has 0 N–H and O–H groups in total. The number of rotatable bonds is 4. The molecule has 0 bridgehead atoms. The number of aromatic nitrogens is 5. The maximum atomic E-state index is 6.27. The predicted octanol–water partition coefficient (Wildman–Crippen LogP) is 9.54. The van der Waals surface area contributed by atoms with E-state index in [-0.39, 0.29) is 0 Å². The van der Waals surface area contributed by atoms with Crippen molar-refractivity contribution >= 4 is 43.8 Å². The highest BCUT2D eigenvalue weighted by Crippen LogP contribution is 2.39. The second kappa shape index (κ2) is 10.2. The quantitative estimate of drug-likeness (QED) is 0.194. The van der Waals surface area contributed by atoms with Crippen molar-refractivity contribution in [1.29, 1.82) is 0 Å². The van der Waals surface area contributed by atoms with Gasteiger partial charge in [-0.15, -0.1) is 0 Å². The molecule has 6 heteroatoms. The molecular formula is C39H23N5O. The molecule has 0 saturated carbocycles. The van der Waals surface area contributed by atoms with Crippen molar-refractivity contribution in [2.45, 2.75) is 0 Å². The summed E-state index contributed by atoms with van der Waals surface area (Å²) in [5, 5.41) is 11.7. The van der Waals surface area contributed by atoms with Gasteiger partial charge in [-0.05, 0) is 82.4 Å². The first-order valence-corrected chi connectivity index (χ1v) is 14.7. The zero-order valence-corrected chi connectivity index (χ0v) is 23.9. The molecule has 0 amide bonds. The van der Waals surface area contributed by atoms with E-state index in [1.165, 1.54) is 0 Å². The number of nitrogens with zero attached hydrogens (tertiary/aromatic N) is 5. The number of benzene rings is 5. The Morgan fingerprint density at radius 2 is 1.29 bits per heavy atom. The van der Waals surface area contributed by atoms with Crippen LogP contribution in [0.15, 0.2) is 144 Å². The Kier molecular flexibility index (Phi) is 5.71. The van der Waals surface area contributed by atoms with Crippen molar-refractivity contribution in [3.8, 4) is 44.8 Å². The summed E-state index contributed by atoms with van der Waals surface area (Å²) in [4.78, 5) is 14.2. The van der Waals surface area contributed by atoms with Crippen LogP contribution in [0.4, 0.5) is 0 Å². The van der Waals surface area contributed by atoms with Crippen LogP contribution in [0.5, 0.6) is 0 Å². The number of pyridine rings is 2. The minimum atomic E-state index is 0.606. The van der Waals surface area contributed by atoms with Crippen LogP contribution in [0.2, 0.25) is 0 Å². The molecule has 6 nitrogen and oxygen atoms in total. The third-order valence-corrected chi connectivity index (χ3v) is 8.32. The van der Waals surface area contributed by atoms with E-state index < -0.39 is 0 Å². The Morgan fingerprint density at radius 1 is 0.467 bits per heavy atom. The van der Waals surface area contributed by atoms with Gasteiger partial charge in [0.25, 0.3) is 0 Å². The highest BCUT2D eigenvalue weighted by atomic mass is 16.3. The molecule has 0 aliphatic rings.